The lowest BCUT2D eigenvalue weighted by atomic mass is 10.2. The van der Waals surface area contributed by atoms with E-state index < -0.39 is 6.04 Å². The molecule has 0 aliphatic rings. The Hall–Kier alpha value is -1.27. The maximum atomic E-state index is 11.2. The highest BCUT2D eigenvalue weighted by Crippen LogP contribution is 2.35. The molecule has 1 aromatic carbocycles. The smallest absolute Gasteiger partial charge is 0.322 e. The zero-order valence-electron chi connectivity index (χ0n) is 10.5. The molecule has 5 nitrogen and oxygen atoms in total. The van der Waals surface area contributed by atoms with Gasteiger partial charge in [-0.05, 0) is 40.5 Å². The molecule has 0 saturated heterocycles. The van der Waals surface area contributed by atoms with Crippen LogP contribution in [0, 0.1) is 0 Å². The van der Waals surface area contributed by atoms with Gasteiger partial charge in [0.2, 0.25) is 0 Å². The second-order valence-electron chi connectivity index (χ2n) is 3.75. The van der Waals surface area contributed by atoms with E-state index in [9.17, 15) is 9.90 Å². The number of nitrogens with one attached hydrogen (secondary N) is 1. The van der Waals surface area contributed by atoms with Gasteiger partial charge >= 0.3 is 5.97 Å². The Labute approximate surface area is 114 Å². The van der Waals surface area contributed by atoms with Crippen LogP contribution in [0.25, 0.3) is 0 Å². The van der Waals surface area contributed by atoms with Crippen molar-refractivity contribution in [2.24, 2.45) is 0 Å². The summed E-state index contributed by atoms with van der Waals surface area (Å²) in [5.41, 5.74) is 0.882. The Morgan fingerprint density at radius 2 is 2.17 bits per heavy atom. The number of benzene rings is 1. The first-order chi connectivity index (χ1) is 8.49. The van der Waals surface area contributed by atoms with E-state index in [1.165, 1.54) is 14.2 Å². The molecule has 6 heteroatoms. The molecule has 1 rings (SSSR count). The predicted molar refractivity (Wildman–Crippen MR) is 70.7 cm³/mol. The second-order valence-corrected chi connectivity index (χ2v) is 4.61. The summed E-state index contributed by atoms with van der Waals surface area (Å²) in [6, 6.07) is 3.07. The average molecular weight is 318 g/mol. The minimum absolute atomic E-state index is 0.0577. The molecule has 0 radical (unpaired) electrons. The molecule has 1 aromatic rings. The Bertz CT molecular complexity index is 436. The van der Waals surface area contributed by atoms with E-state index in [-0.39, 0.29) is 11.7 Å². The van der Waals surface area contributed by atoms with Gasteiger partial charge in [0, 0.05) is 6.54 Å². The van der Waals surface area contributed by atoms with Crippen LogP contribution in [0.15, 0.2) is 16.6 Å². The molecule has 0 aliphatic carbocycles. The van der Waals surface area contributed by atoms with Gasteiger partial charge in [0.05, 0.1) is 18.7 Å². The first kappa shape index (κ1) is 14.8. The van der Waals surface area contributed by atoms with Crippen molar-refractivity contribution >= 4 is 21.9 Å². The van der Waals surface area contributed by atoms with Gasteiger partial charge < -0.3 is 19.9 Å². The summed E-state index contributed by atoms with van der Waals surface area (Å²) in [5.74, 6) is 0.119. The molecule has 0 aliphatic heterocycles. The highest BCUT2D eigenvalue weighted by Gasteiger charge is 2.13. The van der Waals surface area contributed by atoms with Crippen LogP contribution < -0.4 is 10.1 Å². The summed E-state index contributed by atoms with van der Waals surface area (Å²) in [6.45, 7) is 2.18. The molecular formula is C12H16BrNO4. The molecule has 0 spiro atoms. The fraction of sp³-hybridized carbons (Fsp3) is 0.417. The van der Waals surface area contributed by atoms with Gasteiger partial charge in [-0.2, -0.15) is 0 Å². The molecule has 0 saturated carbocycles. The van der Waals surface area contributed by atoms with E-state index in [1.807, 2.05) is 0 Å². The summed E-state index contributed by atoms with van der Waals surface area (Å²) in [7, 11) is 2.83. The highest BCUT2D eigenvalue weighted by atomic mass is 79.9. The number of phenolic OH excluding ortho intramolecular Hbond substituents is 1. The van der Waals surface area contributed by atoms with Gasteiger partial charge in [0.25, 0.3) is 0 Å². The van der Waals surface area contributed by atoms with Crippen molar-refractivity contribution in [1.29, 1.82) is 0 Å². The number of methoxy groups -OCH3 is 2. The van der Waals surface area contributed by atoms with Crippen molar-refractivity contribution in [2.45, 2.75) is 19.5 Å². The number of hydrogen-bond donors (Lipinski definition) is 2. The fourth-order valence-electron chi connectivity index (χ4n) is 1.42. The number of aromatic hydroxyl groups is 1. The van der Waals surface area contributed by atoms with E-state index in [1.54, 1.807) is 19.1 Å². The molecule has 0 aromatic heterocycles. The quantitative estimate of drug-likeness (QED) is 0.811. The highest BCUT2D eigenvalue weighted by molar-refractivity contribution is 9.10. The molecular weight excluding hydrogens is 302 g/mol. The molecule has 0 unspecified atom stereocenters. The van der Waals surface area contributed by atoms with E-state index in [2.05, 4.69) is 26.0 Å². The summed E-state index contributed by atoms with van der Waals surface area (Å²) in [5, 5.41) is 12.7. The SMILES string of the molecule is COC(=O)[C@H](C)NCc1cc(Br)c(O)c(OC)c1. The van der Waals surface area contributed by atoms with E-state index in [0.717, 1.165) is 5.56 Å². The van der Waals surface area contributed by atoms with Crippen LogP contribution in [0.2, 0.25) is 0 Å². The Kier molecular flexibility index (Phi) is 5.43. The molecule has 0 bridgehead atoms. The number of carbonyl (C=O) groups is 1. The van der Waals surface area contributed by atoms with Crippen LogP contribution in [0.3, 0.4) is 0 Å². The Morgan fingerprint density at radius 1 is 1.50 bits per heavy atom. The summed E-state index contributed by atoms with van der Waals surface area (Å²) in [6.07, 6.45) is 0. The van der Waals surface area contributed by atoms with Gasteiger partial charge in [-0.25, -0.2) is 0 Å². The lowest BCUT2D eigenvalue weighted by Crippen LogP contribution is -2.34. The first-order valence-electron chi connectivity index (χ1n) is 5.36. The van der Waals surface area contributed by atoms with Crippen LogP contribution in [0.5, 0.6) is 11.5 Å². The molecule has 100 valence electrons. The van der Waals surface area contributed by atoms with E-state index in [0.29, 0.717) is 16.8 Å². The predicted octanol–water partition coefficient (Wildman–Crippen LogP) is 1.81. The fourth-order valence-corrected chi connectivity index (χ4v) is 1.91. The third kappa shape index (κ3) is 3.61. The van der Waals surface area contributed by atoms with Crippen molar-refractivity contribution in [3.8, 4) is 11.5 Å². The van der Waals surface area contributed by atoms with Crippen molar-refractivity contribution in [3.63, 3.8) is 0 Å². The zero-order chi connectivity index (χ0) is 13.7. The Balaban J connectivity index is 2.74. The first-order valence-corrected chi connectivity index (χ1v) is 6.15. The van der Waals surface area contributed by atoms with E-state index >= 15 is 0 Å². The van der Waals surface area contributed by atoms with Gasteiger partial charge in [-0.3, -0.25) is 4.79 Å². The summed E-state index contributed by atoms with van der Waals surface area (Å²) < 4.78 is 10.2. The normalized spacial score (nSPS) is 12.0. The molecule has 1 atom stereocenters. The number of ether oxygens (including phenoxy) is 2. The second kappa shape index (κ2) is 6.61. The molecule has 0 fully saturated rings. The standard InChI is InChI=1S/C12H16BrNO4/c1-7(12(16)18-3)14-6-8-4-9(13)11(15)10(5-8)17-2/h4-5,7,14-15H,6H2,1-3H3/t7-/m0/s1. The van der Waals surface area contributed by atoms with Crippen LogP contribution in [0.1, 0.15) is 12.5 Å². The number of halogens is 1. The number of phenols is 1. The zero-order valence-corrected chi connectivity index (χ0v) is 12.1. The van der Waals surface area contributed by atoms with Crippen molar-refractivity contribution in [2.75, 3.05) is 14.2 Å². The third-order valence-electron chi connectivity index (χ3n) is 2.48. The monoisotopic (exact) mass is 317 g/mol. The number of rotatable bonds is 5. The lowest BCUT2D eigenvalue weighted by molar-refractivity contribution is -0.142. The molecule has 2 N–H and O–H groups in total. The minimum Gasteiger partial charge on any atom is -0.503 e. The maximum absolute atomic E-state index is 11.2. The number of esters is 1. The maximum Gasteiger partial charge on any atom is 0.322 e. The molecule has 18 heavy (non-hydrogen) atoms. The van der Waals surface area contributed by atoms with Crippen LogP contribution >= 0.6 is 15.9 Å². The van der Waals surface area contributed by atoms with E-state index in [4.69, 9.17) is 4.74 Å². The molecule has 0 amide bonds. The van der Waals surface area contributed by atoms with Gasteiger partial charge in [-0.1, -0.05) is 0 Å². The van der Waals surface area contributed by atoms with Crippen molar-refractivity contribution in [1.82, 2.24) is 5.32 Å². The number of carbonyl (C=O) groups excluding carboxylic acids is 1. The van der Waals surface area contributed by atoms with Crippen LogP contribution in [0.4, 0.5) is 0 Å². The average Bonchev–Trinajstić information content (AvgIpc) is 2.38. The number of hydrogen-bond acceptors (Lipinski definition) is 5. The summed E-state index contributed by atoms with van der Waals surface area (Å²) >= 11 is 3.24. The lowest BCUT2D eigenvalue weighted by Gasteiger charge is -2.13. The third-order valence-corrected chi connectivity index (χ3v) is 3.08. The van der Waals surface area contributed by atoms with Crippen LogP contribution in [-0.2, 0) is 16.1 Å². The van der Waals surface area contributed by atoms with Crippen molar-refractivity contribution in [3.05, 3.63) is 22.2 Å². The van der Waals surface area contributed by atoms with Crippen molar-refractivity contribution < 1.29 is 19.4 Å². The Morgan fingerprint density at radius 3 is 2.72 bits per heavy atom. The van der Waals surface area contributed by atoms with Gasteiger partial charge in [0.1, 0.15) is 6.04 Å². The summed E-state index contributed by atoms with van der Waals surface area (Å²) in [4.78, 5) is 11.2. The largest absolute Gasteiger partial charge is 0.503 e. The minimum atomic E-state index is -0.395. The molecule has 0 heterocycles. The van der Waals surface area contributed by atoms with Crippen LogP contribution in [-0.4, -0.2) is 31.3 Å². The van der Waals surface area contributed by atoms with Gasteiger partial charge in [-0.15, -0.1) is 0 Å². The van der Waals surface area contributed by atoms with Gasteiger partial charge in [0.15, 0.2) is 11.5 Å². The topological polar surface area (TPSA) is 67.8 Å².